The Bertz CT molecular complexity index is 411. The quantitative estimate of drug-likeness (QED) is 0.775. The molecule has 0 bridgehead atoms. The Morgan fingerprint density at radius 2 is 2.31 bits per heavy atom. The highest BCUT2D eigenvalue weighted by Crippen LogP contribution is 2.40. The van der Waals surface area contributed by atoms with E-state index < -0.39 is 6.10 Å². The smallest absolute Gasteiger partial charge is 0.298 e. The number of fused-ring (bicyclic) bond motifs is 1. The van der Waals surface area contributed by atoms with Crippen molar-refractivity contribution in [3.63, 3.8) is 0 Å². The summed E-state index contributed by atoms with van der Waals surface area (Å²) in [6.07, 6.45) is -0.0705. The van der Waals surface area contributed by atoms with Crippen LogP contribution < -0.4 is 9.47 Å². The van der Waals surface area contributed by atoms with Gasteiger partial charge in [0.25, 0.3) is 6.47 Å². The van der Waals surface area contributed by atoms with Crippen LogP contribution in [0.3, 0.4) is 0 Å². The number of hydrogen-bond acceptors (Lipinski definition) is 4. The van der Waals surface area contributed by atoms with E-state index in [2.05, 4.69) is 0 Å². The van der Waals surface area contributed by atoms with Crippen LogP contribution in [0.25, 0.3) is 0 Å². The molecule has 86 valence electrons. The van der Waals surface area contributed by atoms with E-state index >= 15 is 0 Å². The van der Waals surface area contributed by atoms with Crippen LogP contribution in [0.4, 0.5) is 0 Å². The lowest BCUT2D eigenvalue weighted by atomic mass is 9.92. The molecule has 1 unspecified atom stereocenters. The van der Waals surface area contributed by atoms with E-state index in [1.807, 2.05) is 13.8 Å². The maximum Gasteiger partial charge on any atom is 0.298 e. The lowest BCUT2D eigenvalue weighted by Crippen LogP contribution is -2.34. The van der Waals surface area contributed by atoms with Gasteiger partial charge in [-0.3, -0.25) is 4.79 Å². The minimum Gasteiger partial charge on any atom is -0.487 e. The predicted octanol–water partition coefficient (Wildman–Crippen LogP) is 1.82. The van der Waals surface area contributed by atoms with Crippen LogP contribution >= 0.6 is 0 Å². The van der Waals surface area contributed by atoms with Gasteiger partial charge in [-0.1, -0.05) is 0 Å². The van der Waals surface area contributed by atoms with E-state index in [9.17, 15) is 9.90 Å². The van der Waals surface area contributed by atoms with E-state index in [0.29, 0.717) is 30.0 Å². The summed E-state index contributed by atoms with van der Waals surface area (Å²) in [5, 5.41) is 9.97. The highest BCUT2D eigenvalue weighted by molar-refractivity contribution is 5.49. The Kier molecular flexibility index (Phi) is 2.59. The number of benzene rings is 1. The van der Waals surface area contributed by atoms with Gasteiger partial charge in [-0.15, -0.1) is 0 Å². The number of rotatable bonds is 2. The molecule has 16 heavy (non-hydrogen) atoms. The standard InChI is InChI=1S/C12H14O4/c1-12(2)6-10(14)9-5-8(15-7-13)3-4-11(9)16-12/h3-5,7,10,14H,6H2,1-2H3. The van der Waals surface area contributed by atoms with Crippen molar-refractivity contribution in [2.75, 3.05) is 0 Å². The fourth-order valence-electron chi connectivity index (χ4n) is 1.92. The minimum absolute atomic E-state index is 0.363. The molecule has 1 atom stereocenters. The first-order valence-electron chi connectivity index (χ1n) is 5.13. The summed E-state index contributed by atoms with van der Waals surface area (Å²) in [5.74, 6) is 1.05. The molecular weight excluding hydrogens is 208 g/mol. The van der Waals surface area contributed by atoms with Gasteiger partial charge in [0.2, 0.25) is 0 Å². The van der Waals surface area contributed by atoms with Crippen LogP contribution in [0, 0.1) is 0 Å². The maximum absolute atomic E-state index is 10.2. The topological polar surface area (TPSA) is 55.8 Å². The Hall–Kier alpha value is -1.55. The summed E-state index contributed by atoms with van der Waals surface area (Å²) in [6, 6.07) is 4.98. The Balaban J connectivity index is 2.37. The fourth-order valence-corrected chi connectivity index (χ4v) is 1.92. The molecule has 0 amide bonds. The van der Waals surface area contributed by atoms with Crippen LogP contribution in [0.2, 0.25) is 0 Å². The third-order valence-corrected chi connectivity index (χ3v) is 2.60. The number of aliphatic hydroxyl groups excluding tert-OH is 1. The van der Waals surface area contributed by atoms with E-state index in [4.69, 9.17) is 9.47 Å². The molecule has 0 saturated heterocycles. The molecule has 4 heteroatoms. The molecule has 1 aromatic carbocycles. The summed E-state index contributed by atoms with van der Waals surface area (Å²) in [6.45, 7) is 4.21. The van der Waals surface area contributed by atoms with Gasteiger partial charge in [-0.25, -0.2) is 0 Å². The number of aliphatic hydroxyl groups is 1. The van der Waals surface area contributed by atoms with Crippen molar-refractivity contribution in [1.82, 2.24) is 0 Å². The van der Waals surface area contributed by atoms with Crippen molar-refractivity contribution in [1.29, 1.82) is 0 Å². The van der Waals surface area contributed by atoms with Crippen molar-refractivity contribution >= 4 is 6.47 Å². The fraction of sp³-hybridized carbons (Fsp3) is 0.417. The molecule has 2 rings (SSSR count). The van der Waals surface area contributed by atoms with Crippen LogP contribution in [0.15, 0.2) is 18.2 Å². The molecule has 1 N–H and O–H groups in total. The third kappa shape index (κ3) is 2.02. The normalized spacial score (nSPS) is 21.8. The van der Waals surface area contributed by atoms with Crippen molar-refractivity contribution in [2.24, 2.45) is 0 Å². The van der Waals surface area contributed by atoms with Crippen molar-refractivity contribution in [3.8, 4) is 11.5 Å². The maximum atomic E-state index is 10.2. The van der Waals surface area contributed by atoms with Crippen LogP contribution in [0.5, 0.6) is 11.5 Å². The van der Waals surface area contributed by atoms with Gasteiger partial charge in [-0.05, 0) is 32.0 Å². The Morgan fingerprint density at radius 3 is 3.00 bits per heavy atom. The molecule has 1 heterocycles. The number of hydrogen-bond donors (Lipinski definition) is 1. The lowest BCUT2D eigenvalue weighted by molar-refractivity contribution is -0.120. The molecule has 0 saturated carbocycles. The third-order valence-electron chi connectivity index (χ3n) is 2.60. The minimum atomic E-state index is -0.589. The second-order valence-electron chi connectivity index (χ2n) is 4.50. The van der Waals surface area contributed by atoms with Crippen molar-refractivity contribution in [2.45, 2.75) is 32.0 Å². The lowest BCUT2D eigenvalue weighted by Gasteiger charge is -2.35. The predicted molar refractivity (Wildman–Crippen MR) is 57.4 cm³/mol. The first-order valence-corrected chi connectivity index (χ1v) is 5.13. The summed E-state index contributed by atoms with van der Waals surface area (Å²) < 4.78 is 10.4. The molecule has 0 aliphatic carbocycles. The molecule has 0 radical (unpaired) electrons. The van der Waals surface area contributed by atoms with Gasteiger partial charge >= 0.3 is 0 Å². The van der Waals surface area contributed by atoms with Gasteiger partial charge in [0.05, 0.1) is 6.10 Å². The number of carbonyl (C=O) groups is 1. The zero-order chi connectivity index (χ0) is 11.8. The van der Waals surface area contributed by atoms with Gasteiger partial charge in [0, 0.05) is 12.0 Å². The Labute approximate surface area is 93.8 Å². The van der Waals surface area contributed by atoms with E-state index in [1.165, 1.54) is 0 Å². The Morgan fingerprint density at radius 1 is 1.56 bits per heavy atom. The van der Waals surface area contributed by atoms with Gasteiger partial charge in [0.1, 0.15) is 17.1 Å². The van der Waals surface area contributed by atoms with Crippen molar-refractivity contribution < 1.29 is 19.4 Å². The molecule has 4 nitrogen and oxygen atoms in total. The van der Waals surface area contributed by atoms with Crippen LogP contribution in [-0.4, -0.2) is 17.2 Å². The van der Waals surface area contributed by atoms with E-state index in [0.717, 1.165) is 0 Å². The van der Waals surface area contributed by atoms with E-state index in [-0.39, 0.29) is 5.60 Å². The average molecular weight is 222 g/mol. The monoisotopic (exact) mass is 222 g/mol. The highest BCUT2D eigenvalue weighted by atomic mass is 16.5. The summed E-state index contributed by atoms with van der Waals surface area (Å²) in [7, 11) is 0. The first-order chi connectivity index (χ1) is 7.52. The molecule has 0 spiro atoms. The zero-order valence-electron chi connectivity index (χ0n) is 9.27. The van der Waals surface area contributed by atoms with Crippen LogP contribution in [-0.2, 0) is 4.79 Å². The highest BCUT2D eigenvalue weighted by Gasteiger charge is 2.32. The van der Waals surface area contributed by atoms with Crippen LogP contribution in [0.1, 0.15) is 31.9 Å². The molecule has 0 aromatic heterocycles. The molecule has 0 fully saturated rings. The largest absolute Gasteiger partial charge is 0.487 e. The SMILES string of the molecule is CC1(C)CC(O)c2cc(OC=O)ccc2O1. The van der Waals surface area contributed by atoms with Gasteiger partial charge < -0.3 is 14.6 Å². The molecular formula is C12H14O4. The van der Waals surface area contributed by atoms with E-state index in [1.54, 1.807) is 18.2 Å². The zero-order valence-corrected chi connectivity index (χ0v) is 9.27. The van der Waals surface area contributed by atoms with Gasteiger partial charge in [0.15, 0.2) is 0 Å². The summed E-state index contributed by atoms with van der Waals surface area (Å²) in [5.41, 5.74) is 0.290. The number of ether oxygens (including phenoxy) is 2. The first kappa shape index (κ1) is 11.0. The molecule has 1 aliphatic rings. The average Bonchev–Trinajstić information content (AvgIpc) is 2.18. The summed E-state index contributed by atoms with van der Waals surface area (Å²) >= 11 is 0. The second kappa shape index (κ2) is 3.79. The number of carbonyl (C=O) groups excluding carboxylic acids is 1. The molecule has 1 aliphatic heterocycles. The molecule has 1 aromatic rings. The van der Waals surface area contributed by atoms with Gasteiger partial charge in [-0.2, -0.15) is 0 Å². The van der Waals surface area contributed by atoms with Crippen molar-refractivity contribution in [3.05, 3.63) is 23.8 Å². The summed E-state index contributed by atoms with van der Waals surface area (Å²) in [4.78, 5) is 10.2. The second-order valence-corrected chi connectivity index (χ2v) is 4.50.